The highest BCUT2D eigenvalue weighted by Gasteiger charge is 2.19. The number of aliphatic carboxylic acids is 1. The van der Waals surface area contributed by atoms with E-state index >= 15 is 0 Å². The smallest absolute Gasteiger partial charge is 0.304 e. The third-order valence-corrected chi connectivity index (χ3v) is 5.38. The number of hydrogen-bond acceptors (Lipinski definition) is 3. The van der Waals surface area contributed by atoms with Crippen molar-refractivity contribution in [1.29, 1.82) is 0 Å². The van der Waals surface area contributed by atoms with Crippen LogP contribution in [-0.2, 0) is 21.4 Å². The minimum Gasteiger partial charge on any atom is -0.481 e. The van der Waals surface area contributed by atoms with Gasteiger partial charge in [0, 0.05) is 6.04 Å². The molecule has 0 fully saturated rings. The summed E-state index contributed by atoms with van der Waals surface area (Å²) in [6.45, 7) is 3.95. The zero-order valence-electron chi connectivity index (χ0n) is 15.8. The van der Waals surface area contributed by atoms with Crippen molar-refractivity contribution < 1.29 is 18.3 Å². The first-order valence-corrected chi connectivity index (χ1v) is 11.0. The minimum absolute atomic E-state index is 0.241. The number of carbonyl (C=O) groups is 1. The Kier molecular flexibility index (Phi) is 10.3. The summed E-state index contributed by atoms with van der Waals surface area (Å²) in [5.41, 5.74) is 1.59. The van der Waals surface area contributed by atoms with Gasteiger partial charge in [-0.2, -0.15) is 13.1 Å². The van der Waals surface area contributed by atoms with Gasteiger partial charge < -0.3 is 5.11 Å². The summed E-state index contributed by atoms with van der Waals surface area (Å²) in [4.78, 5) is 10.8. The van der Waals surface area contributed by atoms with E-state index in [2.05, 4.69) is 16.4 Å². The fourth-order valence-electron chi connectivity index (χ4n) is 2.78. The summed E-state index contributed by atoms with van der Waals surface area (Å²) < 4.78 is 29.3. The van der Waals surface area contributed by atoms with E-state index in [0.717, 1.165) is 18.4 Å². The molecule has 7 heteroatoms. The Morgan fingerprint density at radius 3 is 2.46 bits per heavy atom. The van der Waals surface area contributed by atoms with E-state index in [9.17, 15) is 13.2 Å². The first-order valence-electron chi connectivity index (χ1n) is 9.47. The number of hydrogen-bond donors (Lipinski definition) is 3. The lowest BCUT2D eigenvalue weighted by Gasteiger charge is -2.16. The van der Waals surface area contributed by atoms with Crippen molar-refractivity contribution >= 4 is 21.9 Å². The lowest BCUT2D eigenvalue weighted by Crippen LogP contribution is -2.39. The number of rotatable bonds is 14. The Bertz CT molecular complexity index is 647. The molecule has 1 aromatic carbocycles. The Morgan fingerprint density at radius 1 is 1.12 bits per heavy atom. The molecule has 0 spiro atoms. The molecule has 6 nitrogen and oxygen atoms in total. The Morgan fingerprint density at radius 2 is 1.81 bits per heavy atom. The van der Waals surface area contributed by atoms with Crippen molar-refractivity contribution in [2.24, 2.45) is 0 Å². The van der Waals surface area contributed by atoms with Gasteiger partial charge in [0.15, 0.2) is 0 Å². The number of unbranched alkanes of at least 4 members (excludes halogenated alkanes) is 5. The lowest BCUT2D eigenvalue weighted by atomic mass is 10.0. The van der Waals surface area contributed by atoms with Crippen LogP contribution in [0.1, 0.15) is 70.8 Å². The van der Waals surface area contributed by atoms with Crippen LogP contribution < -0.4 is 9.44 Å². The number of benzene rings is 1. The van der Waals surface area contributed by atoms with Crippen molar-refractivity contribution in [3.8, 4) is 0 Å². The molecule has 0 radical (unpaired) electrons. The van der Waals surface area contributed by atoms with Crippen molar-refractivity contribution in [3.05, 3.63) is 29.8 Å². The molecular formula is C19H32N2O4S. The van der Waals surface area contributed by atoms with E-state index in [4.69, 9.17) is 5.11 Å². The van der Waals surface area contributed by atoms with E-state index < -0.39 is 22.2 Å². The van der Waals surface area contributed by atoms with Crippen LogP contribution in [0.2, 0.25) is 0 Å². The molecule has 26 heavy (non-hydrogen) atoms. The monoisotopic (exact) mass is 384 g/mol. The molecule has 3 N–H and O–H groups in total. The zero-order chi connectivity index (χ0) is 19.4. The molecule has 0 amide bonds. The topological polar surface area (TPSA) is 95.5 Å². The maximum absolute atomic E-state index is 12.2. The number of nitrogens with one attached hydrogen (secondary N) is 2. The minimum atomic E-state index is -3.81. The normalized spacial score (nSPS) is 12.7. The second kappa shape index (κ2) is 11.9. The molecule has 0 bridgehead atoms. The van der Waals surface area contributed by atoms with Crippen molar-refractivity contribution in [2.75, 3.05) is 4.72 Å². The van der Waals surface area contributed by atoms with Gasteiger partial charge in [-0.3, -0.25) is 9.52 Å². The van der Waals surface area contributed by atoms with E-state index in [1.165, 1.54) is 32.1 Å². The summed E-state index contributed by atoms with van der Waals surface area (Å²) in [5, 5.41) is 8.83. The van der Waals surface area contributed by atoms with E-state index in [1.807, 2.05) is 18.2 Å². The van der Waals surface area contributed by atoms with Gasteiger partial charge >= 0.3 is 5.97 Å². The third-order valence-electron chi connectivity index (χ3n) is 4.23. The standard InChI is InChI=1S/C19H32N2O4S/c1-3-5-6-7-8-9-11-16-12-10-13-18(14-16)21-26(24,25)20-17(4-2)15-19(22)23/h10,12-14,17,20-21H,3-9,11,15H2,1-2H3,(H,22,23)/t17-/m0/s1. The first kappa shape index (κ1) is 22.4. The van der Waals surface area contributed by atoms with Gasteiger partial charge in [-0.1, -0.05) is 58.1 Å². The maximum Gasteiger partial charge on any atom is 0.304 e. The van der Waals surface area contributed by atoms with Gasteiger partial charge in [0.25, 0.3) is 10.2 Å². The summed E-state index contributed by atoms with van der Waals surface area (Å²) >= 11 is 0. The molecule has 148 valence electrons. The molecule has 0 aliphatic carbocycles. The molecule has 1 atom stereocenters. The fourth-order valence-corrected chi connectivity index (χ4v) is 3.97. The van der Waals surface area contributed by atoms with Crippen LogP contribution in [0.4, 0.5) is 5.69 Å². The van der Waals surface area contributed by atoms with Crippen LogP contribution in [0.5, 0.6) is 0 Å². The van der Waals surface area contributed by atoms with Gasteiger partial charge in [0.1, 0.15) is 0 Å². The Labute approximate surface area is 157 Å². The van der Waals surface area contributed by atoms with Crippen LogP contribution in [0.15, 0.2) is 24.3 Å². The van der Waals surface area contributed by atoms with Crippen LogP contribution in [0.3, 0.4) is 0 Å². The molecule has 1 aromatic rings. The quantitative estimate of drug-likeness (QED) is 0.421. The van der Waals surface area contributed by atoms with Gasteiger partial charge in [-0.15, -0.1) is 0 Å². The molecular weight excluding hydrogens is 352 g/mol. The van der Waals surface area contributed by atoms with Gasteiger partial charge in [-0.25, -0.2) is 0 Å². The van der Waals surface area contributed by atoms with Crippen molar-refractivity contribution in [3.63, 3.8) is 0 Å². The van der Waals surface area contributed by atoms with E-state index in [0.29, 0.717) is 12.1 Å². The molecule has 0 saturated heterocycles. The van der Waals surface area contributed by atoms with Gasteiger partial charge in [0.2, 0.25) is 0 Å². The van der Waals surface area contributed by atoms with E-state index in [-0.39, 0.29) is 6.42 Å². The van der Waals surface area contributed by atoms with Crippen LogP contribution in [0.25, 0.3) is 0 Å². The number of carboxylic acids is 1. The fraction of sp³-hybridized carbons (Fsp3) is 0.632. The van der Waals surface area contributed by atoms with Crippen LogP contribution in [-0.4, -0.2) is 25.5 Å². The van der Waals surface area contributed by atoms with Crippen LogP contribution >= 0.6 is 0 Å². The number of aryl methyl sites for hydroxylation is 1. The summed E-state index contributed by atoms with van der Waals surface area (Å²) in [6.07, 6.45) is 8.40. The van der Waals surface area contributed by atoms with E-state index in [1.54, 1.807) is 13.0 Å². The van der Waals surface area contributed by atoms with Crippen molar-refractivity contribution in [1.82, 2.24) is 4.72 Å². The molecule has 0 aliphatic heterocycles. The van der Waals surface area contributed by atoms with Crippen LogP contribution in [0, 0.1) is 0 Å². The highest BCUT2D eigenvalue weighted by Crippen LogP contribution is 2.16. The average Bonchev–Trinajstić information content (AvgIpc) is 2.56. The molecule has 0 aromatic heterocycles. The van der Waals surface area contributed by atoms with Crippen molar-refractivity contribution in [2.45, 2.75) is 77.7 Å². The second-order valence-corrected chi connectivity index (χ2v) is 8.09. The molecule has 1 rings (SSSR count). The largest absolute Gasteiger partial charge is 0.481 e. The third kappa shape index (κ3) is 9.77. The molecule has 0 aliphatic rings. The highest BCUT2D eigenvalue weighted by atomic mass is 32.2. The zero-order valence-corrected chi connectivity index (χ0v) is 16.6. The maximum atomic E-state index is 12.2. The summed E-state index contributed by atoms with van der Waals surface area (Å²) in [5.74, 6) is -1.03. The first-order chi connectivity index (χ1) is 12.4. The predicted octanol–water partition coefficient (Wildman–Crippen LogP) is 4.09. The summed E-state index contributed by atoms with van der Waals surface area (Å²) in [6, 6.07) is 6.73. The Balaban J connectivity index is 2.54. The highest BCUT2D eigenvalue weighted by molar-refractivity contribution is 7.90. The molecule has 0 saturated carbocycles. The number of anilines is 1. The second-order valence-electron chi connectivity index (χ2n) is 6.64. The Hall–Kier alpha value is -1.60. The molecule has 0 unspecified atom stereocenters. The lowest BCUT2D eigenvalue weighted by molar-refractivity contribution is -0.137. The van der Waals surface area contributed by atoms with Gasteiger partial charge in [-0.05, 0) is 37.0 Å². The SMILES string of the molecule is CCCCCCCCc1cccc(NS(=O)(=O)N[C@@H](CC)CC(=O)O)c1. The molecule has 0 heterocycles. The predicted molar refractivity (Wildman–Crippen MR) is 106 cm³/mol. The number of carboxylic acid groups (broad SMARTS) is 1. The average molecular weight is 385 g/mol. The van der Waals surface area contributed by atoms with Gasteiger partial charge in [0.05, 0.1) is 12.1 Å². The summed E-state index contributed by atoms with van der Waals surface area (Å²) in [7, 11) is -3.81.